The van der Waals surface area contributed by atoms with Gasteiger partial charge in [-0.1, -0.05) is 30.2 Å². The molecule has 0 N–H and O–H groups in total. The number of aromatic nitrogens is 1. The highest BCUT2D eigenvalue weighted by Crippen LogP contribution is 2.32. The van der Waals surface area contributed by atoms with Crippen molar-refractivity contribution in [2.45, 2.75) is 38.3 Å². The second-order valence-corrected chi connectivity index (χ2v) is 9.88. The SMILES string of the molecule is O=C(CN1CCc2nc(-c3ccc(Cl)cc3)sc2C1)N1CCN(C2CCC2)CC1. The number of hydrogen-bond donors (Lipinski definition) is 0. The molecule has 154 valence electrons. The molecule has 1 saturated heterocycles. The zero-order chi connectivity index (χ0) is 19.8. The monoisotopic (exact) mass is 430 g/mol. The van der Waals surface area contributed by atoms with E-state index >= 15 is 0 Å². The molecule has 1 aliphatic carbocycles. The smallest absolute Gasteiger partial charge is 0.236 e. The van der Waals surface area contributed by atoms with Crippen molar-refractivity contribution in [3.8, 4) is 10.6 Å². The first-order valence-electron chi connectivity index (χ1n) is 10.6. The molecule has 1 aromatic heterocycles. The predicted octanol–water partition coefficient (Wildman–Crippen LogP) is 3.52. The lowest BCUT2D eigenvalue weighted by Gasteiger charge is -2.43. The third-order valence-corrected chi connectivity index (χ3v) is 7.90. The van der Waals surface area contributed by atoms with Crippen LogP contribution in [0.15, 0.2) is 24.3 Å². The number of rotatable bonds is 4. The van der Waals surface area contributed by atoms with E-state index in [4.69, 9.17) is 16.6 Å². The number of nitrogens with zero attached hydrogens (tertiary/aromatic N) is 4. The molecule has 0 spiro atoms. The predicted molar refractivity (Wildman–Crippen MR) is 117 cm³/mol. The minimum atomic E-state index is 0.282. The number of piperazine rings is 1. The van der Waals surface area contributed by atoms with E-state index in [1.54, 1.807) is 11.3 Å². The highest BCUT2D eigenvalue weighted by molar-refractivity contribution is 7.15. The van der Waals surface area contributed by atoms with E-state index < -0.39 is 0 Å². The van der Waals surface area contributed by atoms with Gasteiger partial charge in [0.1, 0.15) is 5.01 Å². The van der Waals surface area contributed by atoms with Gasteiger partial charge >= 0.3 is 0 Å². The number of benzene rings is 1. The van der Waals surface area contributed by atoms with E-state index in [1.165, 1.54) is 29.8 Å². The fourth-order valence-electron chi connectivity index (χ4n) is 4.48. The molecule has 0 unspecified atom stereocenters. The minimum absolute atomic E-state index is 0.282. The molecule has 5 nitrogen and oxygen atoms in total. The number of thiazole rings is 1. The molecule has 2 aliphatic heterocycles. The van der Waals surface area contributed by atoms with E-state index in [-0.39, 0.29) is 5.91 Å². The van der Waals surface area contributed by atoms with Crippen LogP contribution in [-0.2, 0) is 17.8 Å². The van der Waals surface area contributed by atoms with Crippen molar-refractivity contribution in [3.63, 3.8) is 0 Å². The molecule has 1 aromatic carbocycles. The summed E-state index contributed by atoms with van der Waals surface area (Å²) in [5.74, 6) is 0.282. The Morgan fingerprint density at radius 1 is 1.10 bits per heavy atom. The summed E-state index contributed by atoms with van der Waals surface area (Å²) < 4.78 is 0. The molecule has 5 rings (SSSR count). The summed E-state index contributed by atoms with van der Waals surface area (Å²) in [6.07, 6.45) is 4.98. The molecular weight excluding hydrogens is 404 g/mol. The van der Waals surface area contributed by atoms with Crippen LogP contribution in [0, 0.1) is 0 Å². The van der Waals surface area contributed by atoms with Gasteiger partial charge in [0, 0.05) is 67.2 Å². The Kier molecular flexibility index (Phi) is 5.61. The molecular formula is C22H27ClN4OS. The summed E-state index contributed by atoms with van der Waals surface area (Å²) >= 11 is 7.75. The van der Waals surface area contributed by atoms with Crippen molar-refractivity contribution in [3.05, 3.63) is 39.9 Å². The molecule has 2 fully saturated rings. The molecule has 2 aromatic rings. The van der Waals surface area contributed by atoms with Gasteiger partial charge in [-0.25, -0.2) is 4.98 Å². The minimum Gasteiger partial charge on any atom is -0.339 e. The van der Waals surface area contributed by atoms with Crippen LogP contribution < -0.4 is 0 Å². The Labute approximate surface area is 181 Å². The topological polar surface area (TPSA) is 39.7 Å². The summed E-state index contributed by atoms with van der Waals surface area (Å²) in [7, 11) is 0. The quantitative estimate of drug-likeness (QED) is 0.744. The fraction of sp³-hybridized carbons (Fsp3) is 0.545. The molecule has 7 heteroatoms. The summed E-state index contributed by atoms with van der Waals surface area (Å²) in [6, 6.07) is 8.66. The highest BCUT2D eigenvalue weighted by atomic mass is 35.5. The van der Waals surface area contributed by atoms with Gasteiger partial charge in [0.25, 0.3) is 0 Å². The lowest BCUT2D eigenvalue weighted by molar-refractivity contribution is -0.135. The Balaban J connectivity index is 1.17. The lowest BCUT2D eigenvalue weighted by Crippen LogP contribution is -2.55. The standard InChI is InChI=1S/C22H27ClN4OS/c23-17-6-4-16(5-7-17)22-24-19-8-9-25(14-20(19)29-22)15-21(28)27-12-10-26(11-13-27)18-2-1-3-18/h4-7,18H,1-3,8-15H2. The van der Waals surface area contributed by atoms with Gasteiger partial charge < -0.3 is 4.90 Å². The fourth-order valence-corrected chi connectivity index (χ4v) is 5.76. The van der Waals surface area contributed by atoms with Crippen molar-refractivity contribution in [2.75, 3.05) is 39.3 Å². The van der Waals surface area contributed by atoms with Crippen LogP contribution in [0.4, 0.5) is 0 Å². The number of carbonyl (C=O) groups excluding carboxylic acids is 1. The third kappa shape index (κ3) is 4.22. The Morgan fingerprint density at radius 3 is 2.55 bits per heavy atom. The Morgan fingerprint density at radius 2 is 1.86 bits per heavy atom. The van der Waals surface area contributed by atoms with Crippen LogP contribution in [0.25, 0.3) is 10.6 Å². The zero-order valence-corrected chi connectivity index (χ0v) is 18.2. The van der Waals surface area contributed by atoms with E-state index in [2.05, 4.69) is 14.7 Å². The molecule has 29 heavy (non-hydrogen) atoms. The second kappa shape index (κ2) is 8.34. The van der Waals surface area contributed by atoms with Crippen LogP contribution >= 0.6 is 22.9 Å². The summed E-state index contributed by atoms with van der Waals surface area (Å²) in [5.41, 5.74) is 2.30. The van der Waals surface area contributed by atoms with Crippen LogP contribution in [0.5, 0.6) is 0 Å². The maximum absolute atomic E-state index is 12.8. The van der Waals surface area contributed by atoms with Crippen molar-refractivity contribution in [2.24, 2.45) is 0 Å². The maximum Gasteiger partial charge on any atom is 0.236 e. The molecule has 3 aliphatic rings. The molecule has 0 atom stereocenters. The Bertz CT molecular complexity index is 871. The zero-order valence-electron chi connectivity index (χ0n) is 16.6. The van der Waals surface area contributed by atoms with E-state index in [1.807, 2.05) is 24.3 Å². The first kappa shape index (κ1) is 19.5. The lowest BCUT2D eigenvalue weighted by atomic mass is 9.91. The average Bonchev–Trinajstić information content (AvgIpc) is 3.11. The van der Waals surface area contributed by atoms with Crippen molar-refractivity contribution < 1.29 is 4.79 Å². The number of amides is 1. The van der Waals surface area contributed by atoms with E-state index in [0.29, 0.717) is 6.54 Å². The number of halogens is 1. The molecule has 0 bridgehead atoms. The van der Waals surface area contributed by atoms with Crippen LogP contribution in [0.2, 0.25) is 5.02 Å². The summed E-state index contributed by atoms with van der Waals surface area (Å²) in [5, 5.41) is 1.79. The Hall–Kier alpha value is -1.47. The highest BCUT2D eigenvalue weighted by Gasteiger charge is 2.30. The van der Waals surface area contributed by atoms with Gasteiger partial charge in [-0.15, -0.1) is 11.3 Å². The van der Waals surface area contributed by atoms with E-state index in [0.717, 1.165) is 67.3 Å². The largest absolute Gasteiger partial charge is 0.339 e. The molecule has 1 amide bonds. The summed E-state index contributed by atoms with van der Waals surface area (Å²) in [6.45, 7) is 6.11. The average molecular weight is 431 g/mol. The number of fused-ring (bicyclic) bond motifs is 1. The molecule has 3 heterocycles. The van der Waals surface area contributed by atoms with Crippen molar-refractivity contribution >= 4 is 28.8 Å². The van der Waals surface area contributed by atoms with Gasteiger partial charge in [0.2, 0.25) is 5.91 Å². The third-order valence-electron chi connectivity index (χ3n) is 6.52. The van der Waals surface area contributed by atoms with Gasteiger partial charge in [-0.3, -0.25) is 14.6 Å². The first-order chi connectivity index (χ1) is 14.2. The van der Waals surface area contributed by atoms with Gasteiger partial charge in [0.05, 0.1) is 12.2 Å². The molecule has 1 saturated carbocycles. The van der Waals surface area contributed by atoms with Crippen molar-refractivity contribution in [1.29, 1.82) is 0 Å². The molecule has 0 radical (unpaired) electrons. The van der Waals surface area contributed by atoms with E-state index in [9.17, 15) is 4.79 Å². The normalized spacial score (nSPS) is 21.1. The van der Waals surface area contributed by atoms with Crippen LogP contribution in [0.1, 0.15) is 29.8 Å². The van der Waals surface area contributed by atoms with Crippen molar-refractivity contribution in [1.82, 2.24) is 19.7 Å². The number of carbonyl (C=O) groups is 1. The van der Waals surface area contributed by atoms with Gasteiger partial charge in [0.15, 0.2) is 0 Å². The van der Waals surface area contributed by atoms with Gasteiger partial charge in [-0.2, -0.15) is 0 Å². The first-order valence-corrected chi connectivity index (χ1v) is 11.8. The second-order valence-electron chi connectivity index (χ2n) is 8.36. The number of hydrogen-bond acceptors (Lipinski definition) is 5. The maximum atomic E-state index is 12.8. The van der Waals surface area contributed by atoms with Crippen LogP contribution in [-0.4, -0.2) is 70.9 Å². The summed E-state index contributed by atoms with van der Waals surface area (Å²) in [4.78, 5) is 25.9. The van der Waals surface area contributed by atoms with Gasteiger partial charge in [-0.05, 0) is 25.0 Å². The van der Waals surface area contributed by atoms with Crippen LogP contribution in [0.3, 0.4) is 0 Å².